The van der Waals surface area contributed by atoms with Gasteiger partial charge >= 0.3 is 0 Å². The number of anilines is 2. The van der Waals surface area contributed by atoms with Gasteiger partial charge in [-0.1, -0.05) is 12.1 Å². The molecule has 162 valence electrons. The number of nitrogens with one attached hydrogen (secondary N) is 3. The van der Waals surface area contributed by atoms with Crippen molar-refractivity contribution < 1.29 is 9.53 Å². The molecule has 2 aliphatic rings. The second-order valence-corrected chi connectivity index (χ2v) is 7.65. The van der Waals surface area contributed by atoms with Crippen LogP contribution in [0.4, 0.5) is 11.4 Å². The van der Waals surface area contributed by atoms with Gasteiger partial charge in [-0.3, -0.25) is 14.8 Å². The third-order valence-corrected chi connectivity index (χ3v) is 5.59. The van der Waals surface area contributed by atoms with E-state index in [1.807, 2.05) is 18.5 Å². The van der Waals surface area contributed by atoms with Crippen LogP contribution >= 0.6 is 0 Å². The normalized spacial score (nSPS) is 15.8. The predicted molar refractivity (Wildman–Crippen MR) is 124 cm³/mol. The highest BCUT2D eigenvalue weighted by Gasteiger charge is 2.20. The number of hydrogen-bond donors (Lipinski definition) is 3. The number of nitrogens with zero attached hydrogens (tertiary/aromatic N) is 3. The molecule has 1 fully saturated rings. The number of rotatable bonds is 4. The van der Waals surface area contributed by atoms with Crippen LogP contribution in [0.25, 0.3) is 16.7 Å². The Bertz CT molecular complexity index is 1140. The van der Waals surface area contributed by atoms with Gasteiger partial charge in [-0.25, -0.2) is 5.43 Å². The molecule has 1 amide bonds. The van der Waals surface area contributed by atoms with Crippen LogP contribution in [0.3, 0.4) is 0 Å². The maximum absolute atomic E-state index is 13.1. The van der Waals surface area contributed by atoms with E-state index in [0.717, 1.165) is 54.2 Å². The first-order valence-corrected chi connectivity index (χ1v) is 10.6. The smallest absolute Gasteiger partial charge is 0.257 e. The van der Waals surface area contributed by atoms with E-state index in [1.165, 1.54) is 0 Å². The van der Waals surface area contributed by atoms with Gasteiger partial charge in [0.25, 0.3) is 5.91 Å². The number of amides is 1. The minimum Gasteiger partial charge on any atom is -0.378 e. The van der Waals surface area contributed by atoms with Gasteiger partial charge in [0.05, 0.1) is 42.6 Å². The molecule has 0 bridgehead atoms. The lowest BCUT2D eigenvalue weighted by Crippen LogP contribution is -2.36. The molecule has 5 rings (SSSR count). The Morgan fingerprint density at radius 2 is 1.94 bits per heavy atom. The van der Waals surface area contributed by atoms with Crippen molar-refractivity contribution in [3.8, 4) is 11.1 Å². The number of aromatic nitrogens is 2. The lowest BCUT2D eigenvalue weighted by atomic mass is 9.95. The number of pyridine rings is 2. The number of carbonyl (C=O) groups excluding carboxylic acids is 1. The molecule has 0 saturated carbocycles. The SMILES string of the molecule is O=C(Nc1cccnc1)C1=CNNCc2ccc(-c3cncc(N4CCOCC4)c3)cc21. The first-order valence-electron chi connectivity index (χ1n) is 10.6. The Hall–Kier alpha value is -3.75. The number of ether oxygens (including phenoxy) is 1. The molecule has 1 aromatic carbocycles. The van der Waals surface area contributed by atoms with E-state index in [9.17, 15) is 4.79 Å². The fourth-order valence-corrected chi connectivity index (χ4v) is 3.91. The third-order valence-electron chi connectivity index (χ3n) is 5.59. The van der Waals surface area contributed by atoms with E-state index in [1.54, 1.807) is 24.7 Å². The summed E-state index contributed by atoms with van der Waals surface area (Å²) in [4.78, 5) is 23.9. The average Bonchev–Trinajstić information content (AvgIpc) is 3.07. The van der Waals surface area contributed by atoms with Crippen LogP contribution in [0.2, 0.25) is 0 Å². The molecule has 3 N–H and O–H groups in total. The van der Waals surface area contributed by atoms with Crippen molar-refractivity contribution in [2.45, 2.75) is 6.54 Å². The molecule has 4 heterocycles. The summed E-state index contributed by atoms with van der Waals surface area (Å²) in [6.45, 7) is 3.76. The van der Waals surface area contributed by atoms with Gasteiger partial charge in [0.2, 0.25) is 0 Å². The van der Waals surface area contributed by atoms with Gasteiger partial charge in [0, 0.05) is 43.8 Å². The van der Waals surface area contributed by atoms with Crippen molar-refractivity contribution in [3.63, 3.8) is 0 Å². The average molecular weight is 428 g/mol. The molecule has 2 aliphatic heterocycles. The highest BCUT2D eigenvalue weighted by atomic mass is 16.5. The summed E-state index contributed by atoms with van der Waals surface area (Å²) in [7, 11) is 0. The Morgan fingerprint density at radius 3 is 2.78 bits per heavy atom. The van der Waals surface area contributed by atoms with Crippen molar-refractivity contribution in [1.82, 2.24) is 20.8 Å². The predicted octanol–water partition coefficient (Wildman–Crippen LogP) is 2.57. The lowest BCUT2D eigenvalue weighted by Gasteiger charge is -2.28. The lowest BCUT2D eigenvalue weighted by molar-refractivity contribution is -0.111. The fourth-order valence-electron chi connectivity index (χ4n) is 3.91. The molecule has 8 nitrogen and oxygen atoms in total. The summed E-state index contributed by atoms with van der Waals surface area (Å²) in [5.74, 6) is -0.201. The number of benzene rings is 1. The molecule has 1 saturated heterocycles. The highest BCUT2D eigenvalue weighted by molar-refractivity contribution is 6.25. The molecular weight excluding hydrogens is 404 g/mol. The van der Waals surface area contributed by atoms with Crippen molar-refractivity contribution in [3.05, 3.63) is 78.5 Å². The number of fused-ring (bicyclic) bond motifs is 1. The maximum atomic E-state index is 13.1. The zero-order chi connectivity index (χ0) is 21.8. The second-order valence-electron chi connectivity index (χ2n) is 7.65. The molecule has 0 unspecified atom stereocenters. The number of carbonyl (C=O) groups is 1. The second kappa shape index (κ2) is 9.17. The summed E-state index contributed by atoms with van der Waals surface area (Å²) in [5, 5.41) is 2.92. The zero-order valence-corrected chi connectivity index (χ0v) is 17.5. The topological polar surface area (TPSA) is 91.4 Å². The van der Waals surface area contributed by atoms with Crippen molar-refractivity contribution in [2.75, 3.05) is 36.5 Å². The van der Waals surface area contributed by atoms with Crippen LogP contribution in [0.15, 0.2) is 67.4 Å². The standard InChI is InChI=1S/C24H24N6O2/c31-24(29-20-2-1-5-25-14-20)23-16-28-27-13-18-4-3-17(11-22(18)23)19-10-21(15-26-12-19)30-6-8-32-9-7-30/h1-5,10-12,14-16,27-28H,6-9,13H2,(H,29,31). The summed E-state index contributed by atoms with van der Waals surface area (Å²) in [5.41, 5.74) is 12.3. The van der Waals surface area contributed by atoms with Crippen LogP contribution in [0, 0.1) is 0 Å². The van der Waals surface area contributed by atoms with Crippen LogP contribution in [-0.4, -0.2) is 42.2 Å². The Labute approximate surface area is 186 Å². The van der Waals surface area contributed by atoms with E-state index >= 15 is 0 Å². The molecular formula is C24H24N6O2. The van der Waals surface area contributed by atoms with Gasteiger partial charge in [-0.05, 0) is 41.0 Å². The molecule has 32 heavy (non-hydrogen) atoms. The summed E-state index contributed by atoms with van der Waals surface area (Å²) in [6, 6.07) is 11.9. The Kier molecular flexibility index (Phi) is 5.78. The number of hydrazine groups is 1. The van der Waals surface area contributed by atoms with Gasteiger partial charge in [0.15, 0.2) is 0 Å². The van der Waals surface area contributed by atoms with E-state index in [-0.39, 0.29) is 5.91 Å². The third kappa shape index (κ3) is 4.32. The Balaban J connectivity index is 1.47. The number of morpholine rings is 1. The molecule has 2 aromatic heterocycles. The summed E-state index contributed by atoms with van der Waals surface area (Å²) in [6.07, 6.45) is 8.74. The number of hydrogen-bond acceptors (Lipinski definition) is 7. The van der Waals surface area contributed by atoms with Crippen LogP contribution < -0.4 is 21.1 Å². The molecule has 3 aromatic rings. The quantitative estimate of drug-likeness (QED) is 0.588. The van der Waals surface area contributed by atoms with E-state index in [0.29, 0.717) is 17.8 Å². The maximum Gasteiger partial charge on any atom is 0.257 e. The first kappa shape index (κ1) is 20.2. The first-order chi connectivity index (χ1) is 15.8. The largest absolute Gasteiger partial charge is 0.378 e. The van der Waals surface area contributed by atoms with Gasteiger partial charge < -0.3 is 20.4 Å². The van der Waals surface area contributed by atoms with Crippen molar-refractivity contribution >= 4 is 22.9 Å². The highest BCUT2D eigenvalue weighted by Crippen LogP contribution is 2.30. The van der Waals surface area contributed by atoms with Crippen LogP contribution in [0.5, 0.6) is 0 Å². The minimum atomic E-state index is -0.201. The molecule has 8 heteroatoms. The molecule has 0 atom stereocenters. The van der Waals surface area contributed by atoms with Gasteiger partial charge in [-0.15, -0.1) is 0 Å². The summed E-state index contributed by atoms with van der Waals surface area (Å²) < 4.78 is 5.47. The monoisotopic (exact) mass is 428 g/mol. The van der Waals surface area contributed by atoms with E-state index < -0.39 is 0 Å². The van der Waals surface area contributed by atoms with Crippen molar-refractivity contribution in [1.29, 1.82) is 0 Å². The van der Waals surface area contributed by atoms with E-state index in [4.69, 9.17) is 4.74 Å². The minimum absolute atomic E-state index is 0.201. The fraction of sp³-hybridized carbons (Fsp3) is 0.208. The summed E-state index contributed by atoms with van der Waals surface area (Å²) >= 11 is 0. The van der Waals surface area contributed by atoms with Crippen LogP contribution in [0.1, 0.15) is 11.1 Å². The molecule has 0 aliphatic carbocycles. The van der Waals surface area contributed by atoms with Gasteiger partial charge in [-0.2, -0.15) is 0 Å². The Morgan fingerprint density at radius 1 is 1.03 bits per heavy atom. The van der Waals surface area contributed by atoms with Gasteiger partial charge in [0.1, 0.15) is 0 Å². The molecule has 0 radical (unpaired) electrons. The zero-order valence-electron chi connectivity index (χ0n) is 17.5. The van der Waals surface area contributed by atoms with Crippen LogP contribution in [-0.2, 0) is 16.1 Å². The van der Waals surface area contributed by atoms with E-state index in [2.05, 4.69) is 55.3 Å². The molecule has 0 spiro atoms. The van der Waals surface area contributed by atoms with Crippen molar-refractivity contribution in [2.24, 2.45) is 0 Å².